The Morgan fingerprint density at radius 2 is 1.85 bits per heavy atom. The maximum Gasteiger partial charge on any atom is 0.243 e. The Morgan fingerprint density at radius 1 is 1.19 bits per heavy atom. The van der Waals surface area contributed by atoms with Crippen LogP contribution in [0.25, 0.3) is 0 Å². The highest BCUT2D eigenvalue weighted by Gasteiger charge is 2.28. The van der Waals surface area contributed by atoms with Gasteiger partial charge in [0.15, 0.2) is 0 Å². The predicted octanol–water partition coefficient (Wildman–Crippen LogP) is 3.15. The zero-order valence-corrected chi connectivity index (χ0v) is 17.0. The summed E-state index contributed by atoms with van der Waals surface area (Å²) < 4.78 is 32.4. The molecule has 6 nitrogen and oxygen atoms in total. The summed E-state index contributed by atoms with van der Waals surface area (Å²) >= 11 is 6.12. The van der Waals surface area contributed by atoms with Crippen molar-refractivity contribution in [2.45, 2.75) is 44.4 Å². The fourth-order valence-corrected chi connectivity index (χ4v) is 4.73. The van der Waals surface area contributed by atoms with E-state index < -0.39 is 10.0 Å². The van der Waals surface area contributed by atoms with Gasteiger partial charge in [-0.2, -0.15) is 4.31 Å². The smallest absolute Gasteiger partial charge is 0.243 e. The number of carbonyl (C=O) groups is 1. The summed E-state index contributed by atoms with van der Waals surface area (Å²) in [6.07, 6.45) is 4.17. The lowest BCUT2D eigenvalue weighted by molar-refractivity contribution is -0.131. The minimum atomic E-state index is -3.80. The molecule has 1 fully saturated rings. The zero-order chi connectivity index (χ0) is 19.2. The number of carbonyl (C=O) groups excluding carboxylic acids is 1. The Bertz CT molecular complexity index is 716. The minimum Gasteiger partial charge on any atom is -0.492 e. The van der Waals surface area contributed by atoms with Crippen molar-refractivity contribution in [3.8, 4) is 5.75 Å². The second-order valence-corrected chi connectivity index (χ2v) is 8.60. The monoisotopic (exact) mass is 402 g/mol. The van der Waals surface area contributed by atoms with Crippen LogP contribution in [0.15, 0.2) is 23.1 Å². The molecule has 0 radical (unpaired) electrons. The van der Waals surface area contributed by atoms with E-state index in [4.69, 9.17) is 16.3 Å². The molecule has 1 amide bonds. The van der Waals surface area contributed by atoms with E-state index in [0.29, 0.717) is 25.4 Å². The van der Waals surface area contributed by atoms with Crippen LogP contribution in [-0.2, 0) is 14.8 Å². The van der Waals surface area contributed by atoms with Crippen molar-refractivity contribution in [3.63, 3.8) is 0 Å². The summed E-state index contributed by atoms with van der Waals surface area (Å²) in [5.74, 6) is 0.297. The van der Waals surface area contributed by atoms with Crippen molar-refractivity contribution in [1.82, 2.24) is 9.21 Å². The highest BCUT2D eigenvalue weighted by atomic mass is 35.5. The summed E-state index contributed by atoms with van der Waals surface area (Å²) in [6.45, 7) is 5.46. The molecule has 8 heteroatoms. The van der Waals surface area contributed by atoms with E-state index in [1.165, 1.54) is 16.4 Å². The molecule has 0 spiro atoms. The van der Waals surface area contributed by atoms with Crippen molar-refractivity contribution in [2.24, 2.45) is 0 Å². The first-order valence-corrected chi connectivity index (χ1v) is 10.9. The van der Waals surface area contributed by atoms with Gasteiger partial charge in [-0.3, -0.25) is 4.79 Å². The summed E-state index contributed by atoms with van der Waals surface area (Å²) in [5.41, 5.74) is 0. The number of sulfonamides is 1. The molecule has 1 aromatic carbocycles. The first-order valence-electron chi connectivity index (χ1n) is 9.10. The average Bonchev–Trinajstić information content (AvgIpc) is 2.90. The number of amides is 1. The molecule has 0 bridgehead atoms. The summed E-state index contributed by atoms with van der Waals surface area (Å²) in [5, 5.41) is 0.239. The van der Waals surface area contributed by atoms with Crippen molar-refractivity contribution >= 4 is 27.5 Å². The van der Waals surface area contributed by atoms with Gasteiger partial charge < -0.3 is 9.64 Å². The van der Waals surface area contributed by atoms with Crippen molar-refractivity contribution < 1.29 is 17.9 Å². The summed E-state index contributed by atoms with van der Waals surface area (Å²) in [6, 6.07) is 4.38. The lowest BCUT2D eigenvalue weighted by atomic mass is 10.2. The van der Waals surface area contributed by atoms with Crippen LogP contribution >= 0.6 is 11.6 Å². The fraction of sp³-hybridized carbons (Fsp3) is 0.611. The Labute approximate surface area is 161 Å². The number of ether oxygens (including phenoxy) is 1. The van der Waals surface area contributed by atoms with E-state index >= 15 is 0 Å². The number of hydrogen-bond acceptors (Lipinski definition) is 4. The molecule has 0 atom stereocenters. The molecule has 1 saturated heterocycles. The molecule has 1 aliphatic rings. The molecule has 26 heavy (non-hydrogen) atoms. The van der Waals surface area contributed by atoms with Crippen LogP contribution in [0, 0.1) is 0 Å². The third-order valence-electron chi connectivity index (χ3n) is 4.46. The van der Waals surface area contributed by atoms with Gasteiger partial charge in [-0.05, 0) is 38.0 Å². The minimum absolute atomic E-state index is 0.0662. The van der Waals surface area contributed by atoms with Gasteiger partial charge in [0.05, 0.1) is 23.1 Å². The van der Waals surface area contributed by atoms with Gasteiger partial charge in [-0.1, -0.05) is 31.4 Å². The molecule has 2 rings (SSSR count). The number of benzene rings is 1. The maximum absolute atomic E-state index is 12.9. The molecule has 1 aliphatic heterocycles. The van der Waals surface area contributed by atoms with Gasteiger partial charge >= 0.3 is 0 Å². The van der Waals surface area contributed by atoms with E-state index in [9.17, 15) is 13.2 Å². The normalized spacial score (nSPS) is 15.8. The van der Waals surface area contributed by atoms with Crippen molar-refractivity contribution in [2.75, 3.05) is 32.8 Å². The van der Waals surface area contributed by atoms with Crippen LogP contribution < -0.4 is 4.74 Å². The van der Waals surface area contributed by atoms with Gasteiger partial charge in [-0.25, -0.2) is 8.42 Å². The maximum atomic E-state index is 12.9. The number of hydrogen-bond donors (Lipinski definition) is 0. The molecule has 0 aliphatic carbocycles. The molecule has 146 valence electrons. The number of rotatable bonds is 7. The summed E-state index contributed by atoms with van der Waals surface area (Å²) in [4.78, 5) is 14.4. The predicted molar refractivity (Wildman–Crippen MR) is 102 cm³/mol. The first-order chi connectivity index (χ1) is 12.4. The summed E-state index contributed by atoms with van der Waals surface area (Å²) in [7, 11) is -3.80. The third-order valence-corrected chi connectivity index (χ3v) is 6.68. The molecular formula is C18H27ClN2O4S. The molecule has 1 aromatic rings. The van der Waals surface area contributed by atoms with Crippen LogP contribution in [-0.4, -0.2) is 56.3 Å². The Balaban J connectivity index is 2.16. The van der Waals surface area contributed by atoms with E-state index in [0.717, 1.165) is 25.7 Å². The molecule has 0 aromatic heterocycles. The van der Waals surface area contributed by atoms with E-state index in [2.05, 4.69) is 0 Å². The van der Waals surface area contributed by atoms with Crippen molar-refractivity contribution in [3.05, 3.63) is 23.2 Å². The highest BCUT2D eigenvalue weighted by molar-refractivity contribution is 7.89. The average molecular weight is 403 g/mol. The zero-order valence-electron chi connectivity index (χ0n) is 15.4. The van der Waals surface area contributed by atoms with Crippen LogP contribution in [0.1, 0.15) is 39.5 Å². The third kappa shape index (κ3) is 5.11. The van der Waals surface area contributed by atoms with Crippen LogP contribution in [0.3, 0.4) is 0 Å². The van der Waals surface area contributed by atoms with Crippen LogP contribution in [0.2, 0.25) is 5.02 Å². The largest absolute Gasteiger partial charge is 0.492 e. The van der Waals surface area contributed by atoms with E-state index in [1.54, 1.807) is 17.9 Å². The Kier molecular flexibility index (Phi) is 7.73. The quantitative estimate of drug-likeness (QED) is 0.702. The molecule has 0 unspecified atom stereocenters. The second kappa shape index (κ2) is 9.58. The standard InChI is InChI=1S/C18H27ClN2O4S/c1-3-21(14-18(22)20-11-7-5-6-8-12-20)26(23,24)15-9-10-17(25-4-2)16(19)13-15/h9-10,13H,3-8,11-12,14H2,1-2H3. The molecule has 0 N–H and O–H groups in total. The Morgan fingerprint density at radius 3 is 2.38 bits per heavy atom. The van der Waals surface area contributed by atoms with Gasteiger partial charge in [0.1, 0.15) is 5.75 Å². The van der Waals surface area contributed by atoms with Crippen molar-refractivity contribution in [1.29, 1.82) is 0 Å². The number of halogens is 1. The van der Waals surface area contributed by atoms with Crippen LogP contribution in [0.5, 0.6) is 5.75 Å². The topological polar surface area (TPSA) is 66.9 Å². The Hall–Kier alpha value is -1.31. The number of likely N-dealkylation sites (N-methyl/N-ethyl adjacent to an activating group) is 1. The van der Waals surface area contributed by atoms with Gasteiger partial charge in [0, 0.05) is 19.6 Å². The highest BCUT2D eigenvalue weighted by Crippen LogP contribution is 2.28. The van der Waals surface area contributed by atoms with Gasteiger partial charge in [0.25, 0.3) is 0 Å². The molecular weight excluding hydrogens is 376 g/mol. The molecule has 1 heterocycles. The number of likely N-dealkylation sites (tertiary alicyclic amines) is 1. The number of nitrogens with zero attached hydrogens (tertiary/aromatic N) is 2. The lowest BCUT2D eigenvalue weighted by Crippen LogP contribution is -2.43. The lowest BCUT2D eigenvalue weighted by Gasteiger charge is -2.25. The van der Waals surface area contributed by atoms with E-state index in [-0.39, 0.29) is 28.9 Å². The second-order valence-electron chi connectivity index (χ2n) is 6.25. The van der Waals surface area contributed by atoms with Crippen LogP contribution in [0.4, 0.5) is 0 Å². The van der Waals surface area contributed by atoms with Gasteiger partial charge in [-0.15, -0.1) is 0 Å². The SMILES string of the molecule is CCOc1ccc(S(=O)(=O)N(CC)CC(=O)N2CCCCCC2)cc1Cl. The molecule has 0 saturated carbocycles. The van der Waals surface area contributed by atoms with Gasteiger partial charge in [0.2, 0.25) is 15.9 Å². The fourth-order valence-electron chi connectivity index (χ4n) is 3.00. The first kappa shape index (κ1) is 21.0. The van der Waals surface area contributed by atoms with E-state index in [1.807, 2.05) is 6.92 Å².